The molecule has 3 nitrogen and oxygen atoms in total. The number of nitrogens with two attached hydrogens (primary N) is 1. The van der Waals surface area contributed by atoms with Crippen molar-refractivity contribution in [2.75, 3.05) is 19.7 Å². The molecule has 102 valence electrons. The summed E-state index contributed by atoms with van der Waals surface area (Å²) in [6.07, 6.45) is 6.45. The van der Waals surface area contributed by atoms with Crippen LogP contribution in [0.2, 0.25) is 0 Å². The molecule has 0 aromatic rings. The minimum atomic E-state index is 0.190. The van der Waals surface area contributed by atoms with Gasteiger partial charge in [0.05, 0.1) is 6.10 Å². The molecule has 1 fully saturated rings. The summed E-state index contributed by atoms with van der Waals surface area (Å²) in [4.78, 5) is 0. The Balaban J connectivity index is 2.15. The van der Waals surface area contributed by atoms with Crippen LogP contribution >= 0.6 is 0 Å². The highest BCUT2D eigenvalue weighted by molar-refractivity contribution is 4.93. The summed E-state index contributed by atoms with van der Waals surface area (Å²) in [6, 6.07) is 0. The fourth-order valence-corrected chi connectivity index (χ4v) is 2.62. The van der Waals surface area contributed by atoms with E-state index in [-0.39, 0.29) is 5.54 Å². The predicted octanol–water partition coefficient (Wildman–Crippen LogP) is 2.30. The number of nitrogens with one attached hydrogen (secondary N) is 1. The standard InChI is InChI=1S/C14H30N2O/c1-4-13(7-9-15)6-5-10-16-14(3)8-11-17-12(14)2/h12-13,16H,4-11,15H2,1-3H3. The number of hydrogen-bond acceptors (Lipinski definition) is 3. The van der Waals surface area contributed by atoms with E-state index < -0.39 is 0 Å². The molecule has 1 rings (SSSR count). The van der Waals surface area contributed by atoms with E-state index in [1.807, 2.05) is 0 Å². The van der Waals surface area contributed by atoms with Gasteiger partial charge >= 0.3 is 0 Å². The minimum absolute atomic E-state index is 0.190. The summed E-state index contributed by atoms with van der Waals surface area (Å²) in [5.41, 5.74) is 5.81. The highest BCUT2D eigenvalue weighted by atomic mass is 16.5. The van der Waals surface area contributed by atoms with Crippen LogP contribution in [0.4, 0.5) is 0 Å². The van der Waals surface area contributed by atoms with E-state index in [0.717, 1.165) is 32.0 Å². The average molecular weight is 242 g/mol. The molecule has 3 heteroatoms. The van der Waals surface area contributed by atoms with Crippen LogP contribution < -0.4 is 11.1 Å². The lowest BCUT2D eigenvalue weighted by Gasteiger charge is -2.29. The molecule has 0 spiro atoms. The van der Waals surface area contributed by atoms with Crippen LogP contribution in [0.5, 0.6) is 0 Å². The molecule has 3 atom stereocenters. The van der Waals surface area contributed by atoms with Gasteiger partial charge in [0.2, 0.25) is 0 Å². The zero-order valence-corrected chi connectivity index (χ0v) is 11.8. The maximum absolute atomic E-state index is 5.63. The Morgan fingerprint density at radius 3 is 2.76 bits per heavy atom. The molecule has 0 amide bonds. The molecular weight excluding hydrogens is 212 g/mol. The molecule has 1 heterocycles. The third-order valence-corrected chi connectivity index (χ3v) is 4.36. The Labute approximate surface area is 106 Å². The van der Waals surface area contributed by atoms with E-state index in [0.29, 0.717) is 6.10 Å². The van der Waals surface area contributed by atoms with Crippen LogP contribution in [0.25, 0.3) is 0 Å². The maximum Gasteiger partial charge on any atom is 0.0726 e. The fourth-order valence-electron chi connectivity index (χ4n) is 2.62. The van der Waals surface area contributed by atoms with Crippen molar-refractivity contribution < 1.29 is 4.74 Å². The summed E-state index contributed by atoms with van der Waals surface area (Å²) >= 11 is 0. The van der Waals surface area contributed by atoms with E-state index in [1.165, 1.54) is 25.7 Å². The molecule has 1 saturated heterocycles. The van der Waals surface area contributed by atoms with Gasteiger partial charge in [-0.3, -0.25) is 0 Å². The van der Waals surface area contributed by atoms with Crippen LogP contribution in [-0.2, 0) is 4.74 Å². The van der Waals surface area contributed by atoms with Gasteiger partial charge in [-0.25, -0.2) is 0 Å². The van der Waals surface area contributed by atoms with Gasteiger partial charge in [0.15, 0.2) is 0 Å². The number of rotatable bonds is 8. The second-order valence-electron chi connectivity index (χ2n) is 5.60. The van der Waals surface area contributed by atoms with Gasteiger partial charge < -0.3 is 15.8 Å². The molecule has 0 aromatic carbocycles. The van der Waals surface area contributed by atoms with Crippen molar-refractivity contribution in [1.29, 1.82) is 0 Å². The summed E-state index contributed by atoms with van der Waals surface area (Å²) in [7, 11) is 0. The van der Waals surface area contributed by atoms with Crippen molar-refractivity contribution in [3.63, 3.8) is 0 Å². The van der Waals surface area contributed by atoms with Crippen molar-refractivity contribution in [2.24, 2.45) is 11.7 Å². The van der Waals surface area contributed by atoms with Gasteiger partial charge in [0.25, 0.3) is 0 Å². The lowest BCUT2D eigenvalue weighted by atomic mass is 9.93. The van der Waals surface area contributed by atoms with Gasteiger partial charge in [-0.05, 0) is 58.5 Å². The lowest BCUT2D eigenvalue weighted by Crippen LogP contribution is -2.48. The first kappa shape index (κ1) is 14.9. The Hall–Kier alpha value is -0.120. The molecule has 0 aromatic heterocycles. The van der Waals surface area contributed by atoms with Crippen molar-refractivity contribution in [2.45, 2.75) is 64.5 Å². The second kappa shape index (κ2) is 7.34. The van der Waals surface area contributed by atoms with Crippen LogP contribution in [0.15, 0.2) is 0 Å². The molecule has 0 radical (unpaired) electrons. The monoisotopic (exact) mass is 242 g/mol. The second-order valence-corrected chi connectivity index (χ2v) is 5.60. The highest BCUT2D eigenvalue weighted by Crippen LogP contribution is 2.25. The summed E-state index contributed by atoms with van der Waals surface area (Å²) < 4.78 is 5.63. The SMILES string of the molecule is CCC(CCN)CCCNC1(C)CCOC1C. The van der Waals surface area contributed by atoms with Crippen molar-refractivity contribution in [1.82, 2.24) is 5.32 Å². The van der Waals surface area contributed by atoms with Crippen LogP contribution in [0.3, 0.4) is 0 Å². The third kappa shape index (κ3) is 4.57. The van der Waals surface area contributed by atoms with Gasteiger partial charge in [-0.15, -0.1) is 0 Å². The minimum Gasteiger partial charge on any atom is -0.377 e. The molecule has 3 unspecified atom stereocenters. The molecule has 0 saturated carbocycles. The smallest absolute Gasteiger partial charge is 0.0726 e. The first-order chi connectivity index (χ1) is 8.12. The molecule has 1 aliphatic rings. The molecule has 1 aliphatic heterocycles. The van der Waals surface area contributed by atoms with E-state index in [1.54, 1.807) is 0 Å². The van der Waals surface area contributed by atoms with Crippen LogP contribution in [0, 0.1) is 5.92 Å². The number of hydrogen-bond donors (Lipinski definition) is 2. The molecule has 3 N–H and O–H groups in total. The zero-order chi connectivity index (χ0) is 12.7. The van der Waals surface area contributed by atoms with Crippen molar-refractivity contribution in [3.05, 3.63) is 0 Å². The van der Waals surface area contributed by atoms with Crippen LogP contribution in [-0.4, -0.2) is 31.3 Å². The Bertz CT molecular complexity index is 210. The van der Waals surface area contributed by atoms with E-state index in [9.17, 15) is 0 Å². The first-order valence-corrected chi connectivity index (χ1v) is 7.19. The van der Waals surface area contributed by atoms with E-state index >= 15 is 0 Å². The Morgan fingerprint density at radius 1 is 1.47 bits per heavy atom. The normalized spacial score (nSPS) is 30.7. The van der Waals surface area contributed by atoms with Gasteiger partial charge in [0, 0.05) is 12.1 Å². The maximum atomic E-state index is 5.63. The largest absolute Gasteiger partial charge is 0.377 e. The molecule has 17 heavy (non-hydrogen) atoms. The quantitative estimate of drug-likeness (QED) is 0.642. The summed E-state index contributed by atoms with van der Waals surface area (Å²) in [5, 5.41) is 3.67. The lowest BCUT2D eigenvalue weighted by molar-refractivity contribution is 0.0885. The van der Waals surface area contributed by atoms with Gasteiger partial charge in [-0.2, -0.15) is 0 Å². The predicted molar refractivity (Wildman–Crippen MR) is 73.1 cm³/mol. The van der Waals surface area contributed by atoms with Gasteiger partial charge in [0.1, 0.15) is 0 Å². The van der Waals surface area contributed by atoms with E-state index in [4.69, 9.17) is 10.5 Å². The summed E-state index contributed by atoms with van der Waals surface area (Å²) in [6.45, 7) is 9.54. The van der Waals surface area contributed by atoms with Crippen LogP contribution in [0.1, 0.15) is 52.9 Å². The highest BCUT2D eigenvalue weighted by Gasteiger charge is 2.35. The Kier molecular flexibility index (Phi) is 6.45. The van der Waals surface area contributed by atoms with Crippen molar-refractivity contribution in [3.8, 4) is 0 Å². The van der Waals surface area contributed by atoms with E-state index in [2.05, 4.69) is 26.1 Å². The zero-order valence-electron chi connectivity index (χ0n) is 11.8. The van der Waals surface area contributed by atoms with Crippen molar-refractivity contribution >= 4 is 0 Å². The molecular formula is C14H30N2O. The first-order valence-electron chi connectivity index (χ1n) is 7.19. The third-order valence-electron chi connectivity index (χ3n) is 4.36. The fraction of sp³-hybridized carbons (Fsp3) is 1.00. The average Bonchev–Trinajstić information content (AvgIpc) is 2.64. The van der Waals surface area contributed by atoms with Gasteiger partial charge in [-0.1, -0.05) is 13.3 Å². The molecule has 0 aliphatic carbocycles. The molecule has 0 bridgehead atoms. The topological polar surface area (TPSA) is 47.3 Å². The summed E-state index contributed by atoms with van der Waals surface area (Å²) in [5.74, 6) is 0.812. The Morgan fingerprint density at radius 2 is 2.24 bits per heavy atom. The number of ether oxygens (including phenoxy) is 1.